The zero-order chi connectivity index (χ0) is 20.9. The molecule has 1 amide bonds. The normalized spacial score (nSPS) is 15.4. The predicted octanol–water partition coefficient (Wildman–Crippen LogP) is 2.55. The third kappa shape index (κ3) is 6.02. The smallest absolute Gasteiger partial charge is 0.258 e. The van der Waals surface area contributed by atoms with E-state index < -0.39 is 21.8 Å². The van der Waals surface area contributed by atoms with Crippen LogP contribution in [0.25, 0.3) is 0 Å². The molecule has 0 unspecified atom stereocenters. The molecule has 1 atom stereocenters. The van der Waals surface area contributed by atoms with Gasteiger partial charge in [-0.3, -0.25) is 4.79 Å². The summed E-state index contributed by atoms with van der Waals surface area (Å²) in [4.78, 5) is 23.6. The number of carbonyl (C=O) groups is 1. The van der Waals surface area contributed by atoms with Crippen LogP contribution in [-0.4, -0.2) is 49.7 Å². The standard InChI is InChI=1S/C20H24N4O4S/c1-15(10-13-29(2,26)27)22-18(25)17-14-21-20(24-11-6-7-12-24)23-19(17)28-16-8-4-3-5-9-16/h3-5,8-10,13-15H,6-7,11-12H2,1-2H3,(H,22,25)/b13-10+/t15-/m0/s1. The van der Waals surface area contributed by atoms with E-state index in [1.165, 1.54) is 12.3 Å². The van der Waals surface area contributed by atoms with Gasteiger partial charge in [0.15, 0.2) is 9.84 Å². The minimum Gasteiger partial charge on any atom is -0.438 e. The van der Waals surface area contributed by atoms with Crippen LogP contribution in [0.2, 0.25) is 0 Å². The molecule has 1 aromatic carbocycles. The first-order valence-corrected chi connectivity index (χ1v) is 11.3. The summed E-state index contributed by atoms with van der Waals surface area (Å²) in [6.07, 6.45) is 6.09. The molecule has 1 N–H and O–H groups in total. The fourth-order valence-corrected chi connectivity index (χ4v) is 3.37. The van der Waals surface area contributed by atoms with Crippen LogP contribution < -0.4 is 15.0 Å². The maximum absolute atomic E-state index is 12.8. The van der Waals surface area contributed by atoms with E-state index in [4.69, 9.17) is 4.74 Å². The van der Waals surface area contributed by atoms with E-state index in [0.717, 1.165) is 37.6 Å². The van der Waals surface area contributed by atoms with Gasteiger partial charge in [0.1, 0.15) is 11.3 Å². The number of nitrogens with zero attached hydrogens (tertiary/aromatic N) is 3. The molecule has 8 nitrogen and oxygen atoms in total. The summed E-state index contributed by atoms with van der Waals surface area (Å²) in [5, 5.41) is 3.78. The lowest BCUT2D eigenvalue weighted by atomic mass is 10.2. The lowest BCUT2D eigenvalue weighted by Gasteiger charge is -2.18. The average molecular weight is 417 g/mol. The zero-order valence-corrected chi connectivity index (χ0v) is 17.2. The van der Waals surface area contributed by atoms with E-state index >= 15 is 0 Å². The Kier molecular flexibility index (Phi) is 6.48. The van der Waals surface area contributed by atoms with E-state index in [-0.39, 0.29) is 11.4 Å². The highest BCUT2D eigenvalue weighted by Gasteiger charge is 2.21. The highest BCUT2D eigenvalue weighted by molar-refractivity contribution is 7.93. The van der Waals surface area contributed by atoms with Crippen molar-refractivity contribution in [3.63, 3.8) is 0 Å². The summed E-state index contributed by atoms with van der Waals surface area (Å²) >= 11 is 0. The average Bonchev–Trinajstić information content (AvgIpc) is 3.21. The van der Waals surface area contributed by atoms with Gasteiger partial charge < -0.3 is 15.0 Å². The second-order valence-corrected chi connectivity index (χ2v) is 8.85. The Balaban J connectivity index is 1.85. The van der Waals surface area contributed by atoms with Crippen LogP contribution in [0.5, 0.6) is 11.6 Å². The molecule has 0 bridgehead atoms. The van der Waals surface area contributed by atoms with E-state index in [1.54, 1.807) is 19.1 Å². The molecule has 1 aromatic heterocycles. The third-order valence-electron chi connectivity index (χ3n) is 4.31. The largest absolute Gasteiger partial charge is 0.438 e. The van der Waals surface area contributed by atoms with Crippen molar-refractivity contribution in [2.45, 2.75) is 25.8 Å². The lowest BCUT2D eigenvalue weighted by Crippen LogP contribution is -2.32. The number of anilines is 1. The lowest BCUT2D eigenvalue weighted by molar-refractivity contribution is 0.0943. The van der Waals surface area contributed by atoms with Crippen LogP contribution in [0.15, 0.2) is 48.0 Å². The Labute approximate surface area is 170 Å². The van der Waals surface area contributed by atoms with Crippen LogP contribution in [0, 0.1) is 0 Å². The van der Waals surface area contributed by atoms with Gasteiger partial charge in [0, 0.05) is 37.0 Å². The van der Waals surface area contributed by atoms with Crippen molar-refractivity contribution in [2.24, 2.45) is 0 Å². The van der Waals surface area contributed by atoms with Gasteiger partial charge in [-0.1, -0.05) is 24.3 Å². The minimum atomic E-state index is -3.27. The highest BCUT2D eigenvalue weighted by atomic mass is 32.2. The second kappa shape index (κ2) is 9.04. The van der Waals surface area contributed by atoms with Gasteiger partial charge in [-0.25, -0.2) is 13.4 Å². The van der Waals surface area contributed by atoms with Crippen LogP contribution >= 0.6 is 0 Å². The number of hydrogen-bond donors (Lipinski definition) is 1. The molecule has 3 rings (SSSR count). The number of sulfone groups is 1. The number of amides is 1. The van der Waals surface area contributed by atoms with E-state index in [2.05, 4.69) is 20.2 Å². The number of benzene rings is 1. The van der Waals surface area contributed by atoms with Crippen molar-refractivity contribution in [1.82, 2.24) is 15.3 Å². The van der Waals surface area contributed by atoms with Crippen LogP contribution in [0.1, 0.15) is 30.1 Å². The summed E-state index contributed by atoms with van der Waals surface area (Å²) in [7, 11) is -3.27. The predicted molar refractivity (Wildman–Crippen MR) is 111 cm³/mol. The number of hydrogen-bond acceptors (Lipinski definition) is 7. The Morgan fingerprint density at radius 2 is 1.93 bits per heavy atom. The van der Waals surface area contributed by atoms with E-state index in [0.29, 0.717) is 11.7 Å². The van der Waals surface area contributed by atoms with Crippen molar-refractivity contribution >= 4 is 21.7 Å². The number of rotatable bonds is 7. The Bertz CT molecular complexity index is 987. The van der Waals surface area contributed by atoms with Crippen molar-refractivity contribution in [3.8, 4) is 11.6 Å². The topological polar surface area (TPSA) is 101 Å². The van der Waals surface area contributed by atoms with Gasteiger partial charge in [-0.2, -0.15) is 4.98 Å². The van der Waals surface area contributed by atoms with Gasteiger partial charge >= 0.3 is 0 Å². The molecule has 1 aliphatic rings. The number of aromatic nitrogens is 2. The molecule has 0 radical (unpaired) electrons. The van der Waals surface area contributed by atoms with Crippen molar-refractivity contribution < 1.29 is 17.9 Å². The summed E-state index contributed by atoms with van der Waals surface area (Å²) in [6, 6.07) is 8.57. The molecule has 0 spiro atoms. The fraction of sp³-hybridized carbons (Fsp3) is 0.350. The molecule has 1 saturated heterocycles. The quantitative estimate of drug-likeness (QED) is 0.740. The third-order valence-corrected chi connectivity index (χ3v) is 4.96. The van der Waals surface area contributed by atoms with E-state index in [9.17, 15) is 13.2 Å². The number of ether oxygens (including phenoxy) is 1. The summed E-state index contributed by atoms with van der Waals surface area (Å²) < 4.78 is 28.4. The van der Waals surface area contributed by atoms with Crippen LogP contribution in [-0.2, 0) is 9.84 Å². The van der Waals surface area contributed by atoms with Crippen molar-refractivity contribution in [3.05, 3.63) is 53.6 Å². The van der Waals surface area contributed by atoms with Gasteiger partial charge in [0.05, 0.1) is 0 Å². The molecule has 0 saturated carbocycles. The zero-order valence-electron chi connectivity index (χ0n) is 16.4. The number of nitrogens with one attached hydrogen (secondary N) is 1. The summed E-state index contributed by atoms with van der Waals surface area (Å²) in [5.41, 5.74) is 0.177. The summed E-state index contributed by atoms with van der Waals surface area (Å²) in [5.74, 6) is 0.784. The molecule has 29 heavy (non-hydrogen) atoms. The van der Waals surface area contributed by atoms with Gasteiger partial charge in [0.25, 0.3) is 5.91 Å². The van der Waals surface area contributed by atoms with Crippen molar-refractivity contribution in [1.29, 1.82) is 0 Å². The fourth-order valence-electron chi connectivity index (χ4n) is 2.85. The van der Waals surface area contributed by atoms with Crippen LogP contribution in [0.4, 0.5) is 5.95 Å². The first-order chi connectivity index (χ1) is 13.8. The molecule has 154 valence electrons. The monoisotopic (exact) mass is 416 g/mol. The molecule has 2 heterocycles. The minimum absolute atomic E-state index is 0.157. The maximum Gasteiger partial charge on any atom is 0.258 e. The molecule has 1 aliphatic heterocycles. The molecule has 2 aromatic rings. The number of carbonyl (C=O) groups excluding carboxylic acids is 1. The summed E-state index contributed by atoms with van der Waals surface area (Å²) in [6.45, 7) is 3.41. The van der Waals surface area contributed by atoms with Crippen LogP contribution in [0.3, 0.4) is 0 Å². The van der Waals surface area contributed by atoms with Crippen molar-refractivity contribution in [2.75, 3.05) is 24.2 Å². The molecular weight excluding hydrogens is 392 g/mol. The van der Waals surface area contributed by atoms with Gasteiger partial charge in [-0.05, 0) is 31.9 Å². The van der Waals surface area contributed by atoms with Gasteiger partial charge in [0.2, 0.25) is 11.8 Å². The maximum atomic E-state index is 12.8. The first kappa shape index (κ1) is 20.8. The van der Waals surface area contributed by atoms with E-state index in [1.807, 2.05) is 18.2 Å². The SMILES string of the molecule is C[C@@H](/C=C/S(C)(=O)=O)NC(=O)c1cnc(N2CCCC2)nc1Oc1ccccc1. The molecule has 0 aliphatic carbocycles. The molecular formula is C20H24N4O4S. The molecule has 9 heteroatoms. The Morgan fingerprint density at radius 1 is 1.24 bits per heavy atom. The molecule has 1 fully saturated rings. The first-order valence-electron chi connectivity index (χ1n) is 9.36. The Morgan fingerprint density at radius 3 is 2.59 bits per heavy atom. The Hall–Kier alpha value is -2.94. The number of para-hydroxylation sites is 1. The highest BCUT2D eigenvalue weighted by Crippen LogP contribution is 2.26. The second-order valence-electron chi connectivity index (χ2n) is 6.92. The van der Waals surface area contributed by atoms with Gasteiger partial charge in [-0.15, -0.1) is 0 Å².